The van der Waals surface area contributed by atoms with Crippen LogP contribution >= 0.6 is 50.5 Å². The number of H-pyrrole nitrogens is 2. The fourth-order valence-corrected chi connectivity index (χ4v) is 14.8. The standard InChI is InChI=1S/C12H9ClN2.2C12H10N2O.C12H10N2.2C11H12N2O.C11H11NO.C10H9NO.C4H6O3.CH3.Cl3OP.H3NO.W/c1-15-9-5-3-2-4-8(9)12-10(15)6-7-11(13)14-12;1-13-10-6-3-2-5-9(10)12-11(13)7-4-8-14(12)15;1-14-9-5-3-2-4-8(9)12-10(14)6-7-11(15)13-12;1-14-10-6-3-2-5-9(10)12-11(14)7-4-8-13-12;1-8(14)12-10-7-13(2)11-6-4-3-5-9(10)11;1-8(12-14)10-7-13(2)11-6-4-3-5-9(10)11;1-8(13)10-7-12(2)11-6-4-3-5-9(10)11;1-7(12)9-6-11-10-5-3-2-4-8(9)10;1-3(5)7-4(2)6;;1-5(2,3)4;1-2;/h2-7H,1H3;2-8H,1H3;2-7H,1H3,(H,13,15);2-8H,1H3;3-7H,1-2H3,(H,12,14);3-7,14H,1-2H3;3-7H,1-2H3;2-6,11H,1H3;1-2H3;1H3;;2H,1H2;/q;;;;;;;;;-1;;;/b;;;;;12-8+;;;;;;;. The van der Waals surface area contributed by atoms with Gasteiger partial charge >= 0.3 is 17.1 Å². The van der Waals surface area contributed by atoms with E-state index in [2.05, 4.69) is 138 Å². The van der Waals surface area contributed by atoms with E-state index < -0.39 is 17.1 Å². The number of Topliss-reactive ketones (excluding diaryl/α,β-unsaturated/α-hetero) is 2. The van der Waals surface area contributed by atoms with Gasteiger partial charge in [0.05, 0.1) is 72.0 Å². The molecule has 26 nitrogen and oxygen atoms in total. The zero-order valence-electron chi connectivity index (χ0n) is 72.5. The van der Waals surface area contributed by atoms with Crippen molar-refractivity contribution in [2.45, 2.75) is 41.5 Å². The number of amides is 1. The largest absolute Gasteiger partial charge is 0.618 e. The van der Waals surface area contributed by atoms with Crippen molar-refractivity contribution in [3.63, 3.8) is 0 Å². The molecule has 0 aliphatic heterocycles. The fourth-order valence-electron chi connectivity index (χ4n) is 14.6. The van der Waals surface area contributed by atoms with Gasteiger partial charge in [0.1, 0.15) is 10.7 Å². The number of hydrogen-bond donors (Lipinski definition) is 6. The molecule has 0 aliphatic carbocycles. The number of para-hydroxylation sites is 8. The third kappa shape index (κ3) is 24.3. The second-order valence-corrected chi connectivity index (χ2v) is 35.6. The maximum absolute atomic E-state index is 11.7. The van der Waals surface area contributed by atoms with E-state index in [1.807, 2.05) is 273 Å². The molecule has 8 aromatic carbocycles. The van der Waals surface area contributed by atoms with E-state index in [1.54, 1.807) is 39.1 Å². The van der Waals surface area contributed by atoms with E-state index in [-0.39, 0.29) is 51.5 Å². The number of aromatic nitrogens is 12. The SMILES string of the molecule is C/C(=N\O)c1cn(C)c2ccccc12.CC(=O)Nc1cn(C)c2ccccc12.CC(=O)OC(C)=O.CC(=O)c1c[nH]c2ccccc12.CC(=O)c1cn(C)c2ccccc12.Cn1c2ccccc2c2[nH]c(=O)ccc21.Cn1c2ccccc2c2c1ccc[n+]2[O-].Cn1c2ccccc2c2nc(Cl)ccc21.Cn1c2ccccc2c2ncccc21.NO.O=P(Cl)(Cl)Cl.[CH3-].[W]. The normalized spacial score (nSPS) is 10.7. The molecule has 12 aromatic heterocycles. The molecule has 12 heterocycles. The number of hydrogen-bond acceptors (Lipinski definition) is 15. The minimum Gasteiger partial charge on any atom is -0.618 e. The van der Waals surface area contributed by atoms with E-state index >= 15 is 0 Å². The van der Waals surface area contributed by atoms with Crippen molar-refractivity contribution in [2.75, 3.05) is 5.32 Å². The Balaban J connectivity index is 0.000000177. The Morgan fingerprint density at radius 3 is 1.38 bits per heavy atom. The van der Waals surface area contributed by atoms with Crippen molar-refractivity contribution in [3.8, 4) is 0 Å². The number of carbonyl (C=O) groups is 5. The van der Waals surface area contributed by atoms with Crippen LogP contribution in [-0.2, 0) is 94.1 Å². The van der Waals surface area contributed by atoms with Crippen molar-refractivity contribution < 1.29 is 69.5 Å². The van der Waals surface area contributed by atoms with E-state index in [1.165, 1.54) is 48.9 Å². The minimum atomic E-state index is -3.22. The van der Waals surface area contributed by atoms with Crippen LogP contribution in [0.3, 0.4) is 0 Å². The zero-order chi connectivity index (χ0) is 91.4. The summed E-state index contributed by atoms with van der Waals surface area (Å²) in [6.07, 6.45) is 10.9. The molecule has 660 valence electrons. The molecule has 0 bridgehead atoms. The Hall–Kier alpha value is -13.3. The number of carbonyl (C=O) groups excluding carboxylic acids is 5. The van der Waals surface area contributed by atoms with Crippen molar-refractivity contribution in [1.29, 1.82) is 0 Å². The summed E-state index contributed by atoms with van der Waals surface area (Å²) in [4.78, 5) is 78.9. The van der Waals surface area contributed by atoms with Gasteiger partial charge in [0.25, 0.3) is 0 Å². The average Bonchev–Trinajstić information content (AvgIpc) is 1.60. The molecule has 0 unspecified atom stereocenters. The Morgan fingerprint density at radius 1 is 0.469 bits per heavy atom. The molecule has 0 aliphatic rings. The van der Waals surface area contributed by atoms with Crippen LogP contribution in [0.1, 0.15) is 67.8 Å². The third-order valence-electron chi connectivity index (χ3n) is 20.2. The molecule has 0 spiro atoms. The second-order valence-electron chi connectivity index (χ2n) is 28.6. The first-order valence-corrected chi connectivity index (χ1v) is 43.7. The molecule has 0 saturated heterocycles. The molecular weight excluding hydrogens is 1900 g/mol. The van der Waals surface area contributed by atoms with Crippen molar-refractivity contribution in [1.82, 2.24) is 51.9 Å². The molecule has 0 atom stereocenters. The molecule has 32 heteroatoms. The first-order chi connectivity index (χ1) is 60.2. The van der Waals surface area contributed by atoms with E-state index in [4.69, 9.17) is 22.0 Å². The first kappa shape index (κ1) is 100. The summed E-state index contributed by atoms with van der Waals surface area (Å²) in [6.45, 7) is 8.85. The van der Waals surface area contributed by atoms with Gasteiger partial charge in [0, 0.05) is 211 Å². The summed E-state index contributed by atoms with van der Waals surface area (Å²) in [7, 11) is 14.0. The molecule has 20 rings (SSSR count). The fraction of sp³-hybridized carbons (Fsp3) is 0.135. The van der Waals surface area contributed by atoms with Crippen molar-refractivity contribution >= 4 is 223 Å². The monoisotopic (exact) mass is 1990 g/mol. The number of aryl methyl sites for hydroxylation is 7. The molecule has 1 amide bonds. The van der Waals surface area contributed by atoms with Crippen LogP contribution in [0, 0.1) is 12.6 Å². The quantitative estimate of drug-likeness (QED) is 0.00816. The van der Waals surface area contributed by atoms with E-state index in [0.717, 1.165) is 137 Å². The van der Waals surface area contributed by atoms with Gasteiger partial charge < -0.3 is 75.0 Å². The number of fused-ring (bicyclic) bond motifs is 16. The van der Waals surface area contributed by atoms with Crippen LogP contribution < -0.4 is 21.5 Å². The maximum atomic E-state index is 11.7. The Morgan fingerprint density at radius 2 is 0.859 bits per heavy atom. The number of anilines is 1. The minimum absolute atomic E-state index is 0. The summed E-state index contributed by atoms with van der Waals surface area (Å²) >= 11 is 19.8. The van der Waals surface area contributed by atoms with Gasteiger partial charge in [-0.25, -0.2) is 10.9 Å². The number of oxime groups is 1. The zero-order valence-corrected chi connectivity index (χ0v) is 79.3. The number of rotatable bonds is 4. The Bertz CT molecular complexity index is 7430. The third-order valence-corrected chi connectivity index (χ3v) is 20.4. The Kier molecular flexibility index (Phi) is 35.8. The first-order valence-electron chi connectivity index (χ1n) is 38.9. The summed E-state index contributed by atoms with van der Waals surface area (Å²) in [5, 5.41) is 39.0. The number of esters is 2. The van der Waals surface area contributed by atoms with Gasteiger partial charge in [0.15, 0.2) is 17.8 Å². The topological polar surface area (TPSA) is 338 Å². The van der Waals surface area contributed by atoms with Gasteiger partial charge in [-0.1, -0.05) is 156 Å². The summed E-state index contributed by atoms with van der Waals surface area (Å²) < 4.78 is 28.9. The Labute approximate surface area is 770 Å². The second kappa shape index (κ2) is 45.8. The molecule has 0 fully saturated rings. The number of ketones is 2. The average molecular weight is 1990 g/mol. The number of nitrogens with zero attached hydrogens (tertiary/aromatic N) is 11. The molecular formula is C96H95Cl4N15O11PW-. The molecule has 20 aromatic rings. The summed E-state index contributed by atoms with van der Waals surface area (Å²) in [5.74, 6) is 2.56. The van der Waals surface area contributed by atoms with Crippen LogP contribution in [-0.4, -0.2) is 97.4 Å². The predicted octanol–water partition coefficient (Wildman–Crippen LogP) is 22.0. The number of nitrogens with one attached hydrogen (secondary N) is 3. The van der Waals surface area contributed by atoms with Gasteiger partial charge in [-0.2, -0.15) is 4.73 Å². The van der Waals surface area contributed by atoms with E-state index in [0.29, 0.717) is 10.9 Å². The van der Waals surface area contributed by atoms with Crippen LogP contribution in [0.25, 0.3) is 131 Å². The number of benzene rings is 8. The number of ether oxygens (including phenoxy) is 1. The number of halogens is 4. The van der Waals surface area contributed by atoms with Gasteiger partial charge in [-0.3, -0.25) is 38.3 Å². The molecule has 0 radical (unpaired) electrons. The van der Waals surface area contributed by atoms with E-state index in [9.17, 15) is 38.5 Å². The molecule has 0 saturated carbocycles. The van der Waals surface area contributed by atoms with Crippen LogP contribution in [0.15, 0.2) is 290 Å². The van der Waals surface area contributed by atoms with Gasteiger partial charge in [0.2, 0.25) is 17.0 Å². The number of pyridine rings is 4. The molecule has 7 N–H and O–H groups in total. The van der Waals surface area contributed by atoms with Crippen LogP contribution in [0.5, 0.6) is 0 Å². The van der Waals surface area contributed by atoms with Gasteiger partial charge in [-0.15, -0.1) is 0 Å². The number of nitrogens with two attached hydrogens (primary N) is 1. The van der Waals surface area contributed by atoms with Crippen molar-refractivity contribution in [3.05, 3.63) is 325 Å². The van der Waals surface area contributed by atoms with Crippen molar-refractivity contribution in [2.24, 2.45) is 60.4 Å². The smallest absolute Gasteiger partial charge is 0.339 e. The van der Waals surface area contributed by atoms with Crippen LogP contribution in [0.2, 0.25) is 5.15 Å². The number of aromatic amines is 2. The van der Waals surface area contributed by atoms with Crippen LogP contribution in [0.4, 0.5) is 5.69 Å². The summed E-state index contributed by atoms with van der Waals surface area (Å²) in [5.41, 5.74) is 21.1. The maximum Gasteiger partial charge on any atom is 0.339 e. The van der Waals surface area contributed by atoms with Gasteiger partial charge in [-0.05, 0) is 145 Å². The molecule has 128 heavy (non-hydrogen) atoms. The summed E-state index contributed by atoms with van der Waals surface area (Å²) in [6, 6.07) is 79.3. The predicted molar refractivity (Wildman–Crippen MR) is 517 cm³/mol.